The zero-order valence-electron chi connectivity index (χ0n) is 67.3. The fourth-order valence-electron chi connectivity index (χ4n) is 11.1. The molecule has 0 fully saturated rings. The summed E-state index contributed by atoms with van der Waals surface area (Å²) in [5.74, 6) is -1.99. The van der Waals surface area contributed by atoms with Gasteiger partial charge in [0.25, 0.3) is 23.6 Å². The summed E-state index contributed by atoms with van der Waals surface area (Å²) >= 11 is 0. The van der Waals surface area contributed by atoms with Gasteiger partial charge in [-0.1, -0.05) is 155 Å². The molecular formula is C82H143N3O24. The van der Waals surface area contributed by atoms with E-state index in [0.717, 1.165) is 37.4 Å². The molecule has 0 radical (unpaired) electrons. The maximum atomic E-state index is 13.5. The Morgan fingerprint density at radius 1 is 0.303 bits per heavy atom. The van der Waals surface area contributed by atoms with Crippen LogP contribution in [0.15, 0.2) is 42.7 Å². The molecule has 0 aliphatic carbocycles. The van der Waals surface area contributed by atoms with Gasteiger partial charge >= 0.3 is 0 Å². The molecule has 0 unspecified atom stereocenters. The zero-order valence-corrected chi connectivity index (χ0v) is 67.3. The molecule has 1 aliphatic heterocycles. The number of rotatable bonds is 86. The van der Waals surface area contributed by atoms with Crippen LogP contribution in [0.3, 0.4) is 0 Å². The minimum atomic E-state index is -0.647. The molecule has 27 heteroatoms. The summed E-state index contributed by atoms with van der Waals surface area (Å²) in [5, 5.41) is 4.30. The molecule has 2 aromatic rings. The maximum Gasteiger partial charge on any atom is 0.261 e. The molecule has 3 rings (SSSR count). The van der Waals surface area contributed by atoms with Gasteiger partial charge in [0.2, 0.25) is 0 Å². The van der Waals surface area contributed by atoms with E-state index >= 15 is 0 Å². The van der Waals surface area contributed by atoms with E-state index in [2.05, 4.69) is 19.2 Å². The van der Waals surface area contributed by atoms with E-state index in [1.54, 1.807) is 30.3 Å². The highest BCUT2D eigenvalue weighted by Gasteiger charge is 2.33. The van der Waals surface area contributed by atoms with Crippen molar-refractivity contribution in [3.05, 3.63) is 53.9 Å². The van der Waals surface area contributed by atoms with Crippen molar-refractivity contribution in [1.82, 2.24) is 9.80 Å². The van der Waals surface area contributed by atoms with Crippen LogP contribution in [0, 0.1) is 0 Å². The van der Waals surface area contributed by atoms with Gasteiger partial charge in [-0.15, -0.1) is 0 Å². The van der Waals surface area contributed by atoms with Gasteiger partial charge in [0.15, 0.2) is 0 Å². The van der Waals surface area contributed by atoms with Gasteiger partial charge in [-0.05, 0) is 37.5 Å². The van der Waals surface area contributed by atoms with Crippen LogP contribution in [-0.2, 0) is 104 Å². The number of nitrogens with zero attached hydrogens (tertiary/aromatic N) is 2. The van der Waals surface area contributed by atoms with Gasteiger partial charge in [0.1, 0.15) is 13.2 Å². The van der Waals surface area contributed by atoms with Crippen molar-refractivity contribution < 1.29 is 114 Å². The predicted octanol–water partition coefficient (Wildman–Crippen LogP) is 11.6. The number of benzene rings is 2. The van der Waals surface area contributed by atoms with Gasteiger partial charge in [-0.25, -0.2) is 0 Å². The molecule has 630 valence electrons. The minimum Gasteiger partial charge on any atom is -0.379 e. The van der Waals surface area contributed by atoms with Crippen LogP contribution < -0.4 is 5.32 Å². The van der Waals surface area contributed by atoms with Gasteiger partial charge in [-0.3, -0.25) is 29.0 Å². The first kappa shape index (κ1) is 98.9. The van der Waals surface area contributed by atoms with Gasteiger partial charge in [0.05, 0.1) is 238 Å². The monoisotopic (exact) mass is 1550 g/mol. The van der Waals surface area contributed by atoms with Crippen molar-refractivity contribution in [2.45, 2.75) is 162 Å². The molecule has 0 saturated carbocycles. The van der Waals surface area contributed by atoms with Crippen molar-refractivity contribution in [1.29, 1.82) is 0 Å². The topological polar surface area (TPSA) is 271 Å². The average Bonchev–Trinajstić information content (AvgIpc) is 0.743. The lowest BCUT2D eigenvalue weighted by molar-refractivity contribution is -0.147. The lowest BCUT2D eigenvalue weighted by atomic mass is 9.93. The van der Waals surface area contributed by atoms with Crippen LogP contribution in [0.25, 0.3) is 10.8 Å². The fraction of sp³-hybridized carbons (Fsp3) is 0.805. The molecule has 109 heavy (non-hydrogen) atoms. The third-order valence-electron chi connectivity index (χ3n) is 17.2. The van der Waals surface area contributed by atoms with E-state index in [4.69, 9.17) is 94.7 Å². The molecular weight excluding hydrogens is 1410 g/mol. The van der Waals surface area contributed by atoms with E-state index in [1.807, 2.05) is 6.92 Å². The number of anilines is 1. The molecule has 0 saturated heterocycles. The second kappa shape index (κ2) is 76.4. The van der Waals surface area contributed by atoms with Crippen molar-refractivity contribution >= 4 is 40.1 Å². The Bertz CT molecular complexity index is 2340. The van der Waals surface area contributed by atoms with Crippen molar-refractivity contribution in [3.63, 3.8) is 0 Å². The number of carbonyl (C=O) groups excluding carboxylic acids is 4. The van der Waals surface area contributed by atoms with Crippen LogP contribution in [0.5, 0.6) is 0 Å². The number of amides is 4. The number of nitrogens with one attached hydrogen (secondary N) is 1. The number of imide groups is 2. The van der Waals surface area contributed by atoms with E-state index in [1.165, 1.54) is 133 Å². The zero-order chi connectivity index (χ0) is 77.7. The molecule has 27 nitrogen and oxygen atoms in total. The van der Waals surface area contributed by atoms with Crippen LogP contribution >= 0.6 is 0 Å². The molecule has 0 aromatic heterocycles. The third kappa shape index (κ3) is 55.8. The van der Waals surface area contributed by atoms with Crippen molar-refractivity contribution in [2.24, 2.45) is 0 Å². The predicted molar refractivity (Wildman–Crippen MR) is 419 cm³/mol. The summed E-state index contributed by atoms with van der Waals surface area (Å²) < 4.78 is 112. The molecule has 1 aliphatic rings. The Kier molecular flexibility index (Phi) is 69.3. The first-order valence-corrected chi connectivity index (χ1v) is 41.2. The Balaban J connectivity index is 1.15. The van der Waals surface area contributed by atoms with Gasteiger partial charge in [-0.2, -0.15) is 0 Å². The highest BCUT2D eigenvalue weighted by molar-refractivity contribution is 6.26. The molecule has 0 bridgehead atoms. The molecule has 0 atom stereocenters. The second-order valence-corrected chi connectivity index (χ2v) is 26.1. The average molecular weight is 1560 g/mol. The standard InChI is InChI=1S/C82H143N3O24/c1-4-7-10-12-14-16-18-20-22-24-34-90-36-38-92-40-42-94-44-46-96-48-50-98-52-54-100-56-58-102-60-62-104-64-66-106-68-70-108-72-78(86)84(33-31-83-77-30-29-76-80-74(77)27-26-28-75(80)81(88)85(82(76)89)32-9-6-3)79(87)73-109-71-69-107-67-65-105-63-61-103-59-57-101-55-53-99-51-49-97-47-45-95-43-41-93-39-37-91-35-25-23-21-19-17-15-13-11-8-5-2/h26-31,33,83H,4-25,32,34-73H2,1-3H3/b33-31+. The fourth-order valence-corrected chi connectivity index (χ4v) is 11.1. The smallest absolute Gasteiger partial charge is 0.261 e. The number of ether oxygens (including phenoxy) is 20. The van der Waals surface area contributed by atoms with E-state index in [-0.39, 0.29) is 38.2 Å². The van der Waals surface area contributed by atoms with Crippen molar-refractivity contribution in [3.8, 4) is 0 Å². The normalized spacial score (nSPS) is 12.3. The van der Waals surface area contributed by atoms with Crippen LogP contribution in [0.4, 0.5) is 5.69 Å². The van der Waals surface area contributed by atoms with Crippen LogP contribution in [0.1, 0.15) is 183 Å². The second-order valence-electron chi connectivity index (χ2n) is 26.1. The summed E-state index contributed by atoms with van der Waals surface area (Å²) in [4.78, 5) is 56.2. The Hall–Kier alpha value is -4.28. The molecule has 2 aromatic carbocycles. The van der Waals surface area contributed by atoms with Gasteiger partial charge < -0.3 is 100 Å². The number of carbonyl (C=O) groups is 4. The Labute approximate surface area is 653 Å². The van der Waals surface area contributed by atoms with E-state index in [0.29, 0.717) is 252 Å². The lowest BCUT2D eigenvalue weighted by Gasteiger charge is -2.27. The van der Waals surface area contributed by atoms with E-state index in [9.17, 15) is 19.2 Å². The quantitative estimate of drug-likeness (QED) is 0.0476. The highest BCUT2D eigenvalue weighted by Crippen LogP contribution is 2.35. The summed E-state index contributed by atoms with van der Waals surface area (Å²) in [6.07, 6.45) is 30.7. The Morgan fingerprint density at radius 3 is 0.835 bits per heavy atom. The van der Waals surface area contributed by atoms with E-state index < -0.39 is 25.0 Å². The number of hydrogen-bond donors (Lipinski definition) is 1. The van der Waals surface area contributed by atoms with Crippen LogP contribution in [-0.4, -0.2) is 304 Å². The summed E-state index contributed by atoms with van der Waals surface area (Å²) in [5.41, 5.74) is 1.40. The summed E-state index contributed by atoms with van der Waals surface area (Å²) in [7, 11) is 0. The van der Waals surface area contributed by atoms with Crippen molar-refractivity contribution in [2.75, 3.05) is 276 Å². The minimum absolute atomic E-state index is 0.0784. The molecule has 1 N–H and O–H groups in total. The highest BCUT2D eigenvalue weighted by atomic mass is 16.6. The first-order valence-electron chi connectivity index (χ1n) is 41.2. The number of unbranched alkanes of at least 4 members (excludes halogenated alkanes) is 19. The third-order valence-corrected chi connectivity index (χ3v) is 17.2. The van der Waals surface area contributed by atoms with Gasteiger partial charge in [0, 0.05) is 59.7 Å². The number of hydrogen-bond acceptors (Lipinski definition) is 25. The van der Waals surface area contributed by atoms with Crippen LogP contribution in [0.2, 0.25) is 0 Å². The summed E-state index contributed by atoms with van der Waals surface area (Å²) in [6.45, 7) is 22.8. The SMILES string of the molecule is CCCCCCCCCCCCOCCOCCOCCOCCOCCOCCOCCOCCOCCOCC(=O)N(/C=C/Nc1ccc2c3c(cccc13)C(=O)N(CCCC)C2=O)C(=O)COCCOCCOCCOCCOCCOCCOCCOCCOCCOCCCCCCCCCCCC. The summed E-state index contributed by atoms with van der Waals surface area (Å²) in [6, 6.07) is 8.67. The molecule has 1 heterocycles. The molecule has 4 amide bonds. The molecule has 0 spiro atoms. The maximum absolute atomic E-state index is 13.5. The first-order chi connectivity index (χ1) is 53.9. The Morgan fingerprint density at radius 2 is 0.550 bits per heavy atom. The lowest BCUT2D eigenvalue weighted by Crippen LogP contribution is -2.40. The largest absolute Gasteiger partial charge is 0.379 e.